The van der Waals surface area contributed by atoms with Crippen molar-refractivity contribution in [1.29, 1.82) is 0 Å². The topological polar surface area (TPSA) is 30.2 Å². The van der Waals surface area contributed by atoms with Gasteiger partial charge >= 0.3 is 5.97 Å². The first kappa shape index (κ1) is 11.7. The van der Waals surface area contributed by atoms with Crippen LogP contribution >= 0.6 is 0 Å². The number of hydrogen-bond donors (Lipinski definition) is 0. The minimum absolute atomic E-state index is 0.212. The zero-order valence-corrected chi connectivity index (χ0v) is 9.78. The Morgan fingerprint density at radius 3 is 2.33 bits per heavy atom. The van der Waals surface area contributed by atoms with Gasteiger partial charge in [0.05, 0.1) is 0 Å². The molecule has 1 rings (SSSR count). The maximum atomic E-state index is 11.5. The molecule has 0 atom stereocenters. The van der Waals surface area contributed by atoms with Crippen LogP contribution in [0.2, 0.25) is 0 Å². The van der Waals surface area contributed by atoms with Gasteiger partial charge in [0.2, 0.25) is 6.54 Å². The Hall–Kier alpha value is -1.38. The van der Waals surface area contributed by atoms with Crippen molar-refractivity contribution in [3.63, 3.8) is 0 Å². The molecule has 0 aliphatic heterocycles. The molecule has 0 amide bonds. The summed E-state index contributed by atoms with van der Waals surface area (Å²) in [5, 5.41) is 0. The predicted molar refractivity (Wildman–Crippen MR) is 57.2 cm³/mol. The van der Waals surface area contributed by atoms with Gasteiger partial charge in [-0.25, -0.2) is 4.79 Å². The molecular formula is C12H18NO2+. The number of hydrogen-bond acceptors (Lipinski definition) is 2. The van der Waals surface area contributed by atoms with Gasteiger partial charge in [0, 0.05) is 12.1 Å². The fraction of sp³-hybridized carbons (Fsp3) is 0.500. The van der Waals surface area contributed by atoms with Crippen molar-refractivity contribution in [2.45, 2.75) is 39.8 Å². The summed E-state index contributed by atoms with van der Waals surface area (Å²) in [6, 6.07) is 3.93. The summed E-state index contributed by atoms with van der Waals surface area (Å²) in [5.74, 6) is -0.212. The smallest absolute Gasteiger partial charge is 0.373 e. The van der Waals surface area contributed by atoms with E-state index in [1.165, 1.54) is 5.56 Å². The number of aryl methyl sites for hydroxylation is 1. The van der Waals surface area contributed by atoms with E-state index in [9.17, 15) is 4.79 Å². The van der Waals surface area contributed by atoms with Gasteiger partial charge in [-0.3, -0.25) is 0 Å². The maximum Gasteiger partial charge on any atom is 0.373 e. The van der Waals surface area contributed by atoms with Crippen LogP contribution in [0, 0.1) is 6.92 Å². The van der Waals surface area contributed by atoms with Crippen molar-refractivity contribution in [2.75, 3.05) is 0 Å². The SMILES string of the molecule is Cc1cc[n+](CC(=O)OC(C)(C)C)cc1. The molecule has 0 spiro atoms. The van der Waals surface area contributed by atoms with Crippen molar-refractivity contribution in [2.24, 2.45) is 0 Å². The molecule has 0 N–H and O–H groups in total. The fourth-order valence-electron chi connectivity index (χ4n) is 1.16. The van der Waals surface area contributed by atoms with E-state index in [0.717, 1.165) is 0 Å². The summed E-state index contributed by atoms with van der Waals surface area (Å²) in [6.07, 6.45) is 3.75. The average molecular weight is 208 g/mol. The molecule has 1 heterocycles. The summed E-state index contributed by atoms with van der Waals surface area (Å²) in [6.45, 7) is 7.87. The van der Waals surface area contributed by atoms with Crippen LogP contribution in [0.5, 0.6) is 0 Å². The van der Waals surface area contributed by atoms with Crippen molar-refractivity contribution >= 4 is 5.97 Å². The first-order chi connectivity index (χ1) is 6.87. The molecule has 0 fully saturated rings. The van der Waals surface area contributed by atoms with Crippen molar-refractivity contribution < 1.29 is 14.1 Å². The highest BCUT2D eigenvalue weighted by atomic mass is 16.6. The third-order valence-electron chi connectivity index (χ3n) is 1.79. The largest absolute Gasteiger partial charge is 0.455 e. The molecule has 15 heavy (non-hydrogen) atoms. The van der Waals surface area contributed by atoms with Crippen LogP contribution in [-0.2, 0) is 16.1 Å². The molecular weight excluding hydrogens is 190 g/mol. The Labute approximate surface area is 90.7 Å². The van der Waals surface area contributed by atoms with Crippen LogP contribution in [0.3, 0.4) is 0 Å². The second-order valence-electron chi connectivity index (χ2n) is 4.63. The normalized spacial score (nSPS) is 11.2. The summed E-state index contributed by atoms with van der Waals surface area (Å²) < 4.78 is 7.02. The molecule has 0 unspecified atom stereocenters. The van der Waals surface area contributed by atoms with E-state index < -0.39 is 5.60 Å². The Morgan fingerprint density at radius 1 is 1.33 bits per heavy atom. The van der Waals surface area contributed by atoms with Gasteiger partial charge in [-0.15, -0.1) is 0 Å². The molecule has 1 aromatic heterocycles. The summed E-state index contributed by atoms with van der Waals surface area (Å²) >= 11 is 0. The quantitative estimate of drug-likeness (QED) is 0.546. The van der Waals surface area contributed by atoms with Crippen LogP contribution in [0.4, 0.5) is 0 Å². The summed E-state index contributed by atoms with van der Waals surface area (Å²) in [7, 11) is 0. The number of esters is 1. The predicted octanol–water partition coefficient (Wildman–Crippen LogP) is 1.62. The van der Waals surface area contributed by atoms with Gasteiger partial charge < -0.3 is 4.74 Å². The van der Waals surface area contributed by atoms with E-state index in [0.29, 0.717) is 0 Å². The second-order valence-corrected chi connectivity index (χ2v) is 4.63. The van der Waals surface area contributed by atoms with E-state index in [2.05, 4.69) is 0 Å². The van der Waals surface area contributed by atoms with Crippen LogP contribution in [0.1, 0.15) is 26.3 Å². The molecule has 0 aliphatic rings. The number of aromatic nitrogens is 1. The van der Waals surface area contributed by atoms with E-state index in [1.54, 1.807) is 4.57 Å². The molecule has 0 bridgehead atoms. The molecule has 0 radical (unpaired) electrons. The second kappa shape index (κ2) is 4.43. The number of rotatable bonds is 2. The van der Waals surface area contributed by atoms with Gasteiger partial charge in [-0.1, -0.05) is 0 Å². The van der Waals surface area contributed by atoms with Crippen molar-refractivity contribution in [1.82, 2.24) is 0 Å². The lowest BCUT2D eigenvalue weighted by Gasteiger charge is -2.18. The molecule has 3 heteroatoms. The summed E-state index contributed by atoms with van der Waals surface area (Å²) in [4.78, 5) is 11.5. The zero-order chi connectivity index (χ0) is 11.5. The highest BCUT2D eigenvalue weighted by molar-refractivity contribution is 5.68. The Balaban J connectivity index is 2.55. The third-order valence-corrected chi connectivity index (χ3v) is 1.79. The van der Waals surface area contributed by atoms with Crippen molar-refractivity contribution in [3.8, 4) is 0 Å². The van der Waals surface area contributed by atoms with E-state index in [-0.39, 0.29) is 12.5 Å². The molecule has 0 saturated carbocycles. The van der Waals surface area contributed by atoms with Gasteiger partial charge in [0.15, 0.2) is 12.4 Å². The summed E-state index contributed by atoms with van der Waals surface area (Å²) in [5.41, 5.74) is 0.762. The highest BCUT2D eigenvalue weighted by Gasteiger charge is 2.19. The van der Waals surface area contributed by atoms with Crippen molar-refractivity contribution in [3.05, 3.63) is 30.1 Å². The van der Waals surface area contributed by atoms with Crippen LogP contribution < -0.4 is 4.57 Å². The maximum absolute atomic E-state index is 11.5. The molecule has 82 valence electrons. The number of pyridine rings is 1. The van der Waals surface area contributed by atoms with Crippen LogP contribution in [0.25, 0.3) is 0 Å². The average Bonchev–Trinajstić information content (AvgIpc) is 2.05. The van der Waals surface area contributed by atoms with Crippen LogP contribution in [-0.4, -0.2) is 11.6 Å². The molecule has 3 nitrogen and oxygen atoms in total. The van der Waals surface area contributed by atoms with E-state index in [4.69, 9.17) is 4.74 Å². The Morgan fingerprint density at radius 2 is 1.87 bits per heavy atom. The van der Waals surface area contributed by atoms with Crippen LogP contribution in [0.15, 0.2) is 24.5 Å². The standard InChI is InChI=1S/C12H18NO2/c1-10-5-7-13(8-6-10)9-11(14)15-12(2,3)4/h5-8H,9H2,1-4H3/q+1. The minimum atomic E-state index is -0.414. The number of carbonyl (C=O) groups excluding carboxylic acids is 1. The Bertz CT molecular complexity index is 336. The Kier molecular flexibility index (Phi) is 3.45. The minimum Gasteiger partial charge on any atom is -0.455 e. The molecule has 0 saturated heterocycles. The monoisotopic (exact) mass is 208 g/mol. The number of nitrogens with zero attached hydrogens (tertiary/aromatic N) is 1. The van der Waals surface area contributed by atoms with Gasteiger partial charge in [-0.2, -0.15) is 4.57 Å². The zero-order valence-electron chi connectivity index (χ0n) is 9.78. The van der Waals surface area contributed by atoms with Gasteiger partial charge in [-0.05, 0) is 33.3 Å². The first-order valence-corrected chi connectivity index (χ1v) is 5.04. The highest BCUT2D eigenvalue weighted by Crippen LogP contribution is 2.06. The third kappa shape index (κ3) is 4.58. The molecule has 0 aliphatic carbocycles. The first-order valence-electron chi connectivity index (χ1n) is 5.04. The van der Waals surface area contributed by atoms with Gasteiger partial charge in [0.25, 0.3) is 0 Å². The number of ether oxygens (including phenoxy) is 1. The lowest BCUT2D eigenvalue weighted by atomic mass is 10.2. The number of carbonyl (C=O) groups is 1. The molecule has 1 aromatic rings. The fourth-order valence-corrected chi connectivity index (χ4v) is 1.16. The molecule has 0 aromatic carbocycles. The van der Waals surface area contributed by atoms with E-state index >= 15 is 0 Å². The lowest BCUT2D eigenvalue weighted by Crippen LogP contribution is -2.40. The van der Waals surface area contributed by atoms with Gasteiger partial charge in [0.1, 0.15) is 5.60 Å². The van der Waals surface area contributed by atoms with E-state index in [1.807, 2.05) is 52.2 Å². The lowest BCUT2D eigenvalue weighted by molar-refractivity contribution is -0.686.